The van der Waals surface area contributed by atoms with E-state index >= 15 is 0 Å². The van der Waals surface area contributed by atoms with E-state index in [1.165, 1.54) is 0 Å². The number of carbonyl (C=O) groups is 1. The first-order valence-electron chi connectivity index (χ1n) is 6.49. The number of halogens is 1. The van der Waals surface area contributed by atoms with Crippen molar-refractivity contribution in [2.75, 3.05) is 13.7 Å². The van der Waals surface area contributed by atoms with Crippen LogP contribution in [-0.4, -0.2) is 19.5 Å². The molecule has 1 heterocycles. The number of Topliss-reactive ketones (excluding diaryl/α,β-unsaturated/α-hetero) is 1. The Hall–Kier alpha value is -2.07. The zero-order valence-electron chi connectivity index (χ0n) is 11.4. The van der Waals surface area contributed by atoms with Gasteiger partial charge in [0.2, 0.25) is 0 Å². The van der Waals surface area contributed by atoms with Gasteiger partial charge in [-0.1, -0.05) is 28.1 Å². The summed E-state index contributed by atoms with van der Waals surface area (Å²) in [6, 6.07) is 13.1. The fraction of sp³-hybridized carbons (Fsp3) is 0.118. The highest BCUT2D eigenvalue weighted by molar-refractivity contribution is 9.10. The van der Waals surface area contributed by atoms with Crippen molar-refractivity contribution in [2.45, 2.75) is 0 Å². The fourth-order valence-electron chi connectivity index (χ4n) is 2.20. The summed E-state index contributed by atoms with van der Waals surface area (Å²) in [6.45, 7) is 0.286. The first kappa shape index (κ1) is 13.9. The molecule has 2 aromatic rings. The molecule has 1 aliphatic heterocycles. The van der Waals surface area contributed by atoms with E-state index in [1.807, 2.05) is 30.3 Å². The molecule has 0 amide bonds. The average molecular weight is 345 g/mol. The fourth-order valence-corrected chi connectivity index (χ4v) is 2.47. The SMILES string of the molecule is COc1ccc2c(c1)C(=O)C(=Cc1ccc(Br)cc1)CO2. The van der Waals surface area contributed by atoms with Crippen LogP contribution in [0.15, 0.2) is 52.5 Å². The van der Waals surface area contributed by atoms with Crippen molar-refractivity contribution in [3.63, 3.8) is 0 Å². The molecule has 2 aromatic carbocycles. The predicted molar refractivity (Wildman–Crippen MR) is 84.9 cm³/mol. The quantitative estimate of drug-likeness (QED) is 0.769. The molecule has 0 N–H and O–H groups in total. The van der Waals surface area contributed by atoms with Crippen LogP contribution in [0.25, 0.3) is 6.08 Å². The molecular weight excluding hydrogens is 332 g/mol. The van der Waals surface area contributed by atoms with Crippen LogP contribution in [0, 0.1) is 0 Å². The number of ketones is 1. The van der Waals surface area contributed by atoms with E-state index in [1.54, 1.807) is 25.3 Å². The van der Waals surface area contributed by atoms with Crippen LogP contribution < -0.4 is 9.47 Å². The summed E-state index contributed by atoms with van der Waals surface area (Å²) in [5, 5.41) is 0. The topological polar surface area (TPSA) is 35.5 Å². The summed E-state index contributed by atoms with van der Waals surface area (Å²) in [6.07, 6.45) is 1.86. The number of hydrogen-bond acceptors (Lipinski definition) is 3. The molecule has 0 unspecified atom stereocenters. The Balaban J connectivity index is 1.96. The van der Waals surface area contributed by atoms with Crippen LogP contribution in [-0.2, 0) is 0 Å². The molecule has 21 heavy (non-hydrogen) atoms. The summed E-state index contributed by atoms with van der Waals surface area (Å²) in [5.41, 5.74) is 2.15. The molecule has 0 spiro atoms. The van der Waals surface area contributed by atoms with Gasteiger partial charge in [-0.15, -0.1) is 0 Å². The van der Waals surface area contributed by atoms with E-state index in [-0.39, 0.29) is 12.4 Å². The Morgan fingerprint density at radius 3 is 2.67 bits per heavy atom. The van der Waals surface area contributed by atoms with Gasteiger partial charge < -0.3 is 9.47 Å². The lowest BCUT2D eigenvalue weighted by Gasteiger charge is -2.19. The van der Waals surface area contributed by atoms with Crippen molar-refractivity contribution in [2.24, 2.45) is 0 Å². The lowest BCUT2D eigenvalue weighted by Crippen LogP contribution is -2.19. The maximum absolute atomic E-state index is 12.5. The third-order valence-electron chi connectivity index (χ3n) is 3.32. The monoisotopic (exact) mass is 344 g/mol. The van der Waals surface area contributed by atoms with Gasteiger partial charge in [0.15, 0.2) is 5.78 Å². The number of fused-ring (bicyclic) bond motifs is 1. The molecule has 0 radical (unpaired) electrons. The summed E-state index contributed by atoms with van der Waals surface area (Å²) < 4.78 is 11.8. The molecule has 106 valence electrons. The van der Waals surface area contributed by atoms with Gasteiger partial charge in [0.05, 0.1) is 12.7 Å². The molecule has 0 fully saturated rings. The van der Waals surface area contributed by atoms with E-state index < -0.39 is 0 Å². The number of hydrogen-bond donors (Lipinski definition) is 0. The molecule has 3 rings (SSSR count). The van der Waals surface area contributed by atoms with E-state index in [9.17, 15) is 4.79 Å². The highest BCUT2D eigenvalue weighted by atomic mass is 79.9. The number of benzene rings is 2. The molecule has 0 saturated carbocycles. The van der Waals surface area contributed by atoms with Gasteiger partial charge in [0.25, 0.3) is 0 Å². The van der Waals surface area contributed by atoms with Crippen LogP contribution in [0.5, 0.6) is 11.5 Å². The number of carbonyl (C=O) groups excluding carboxylic acids is 1. The third-order valence-corrected chi connectivity index (χ3v) is 3.85. The minimum Gasteiger partial charge on any atom is -0.497 e. The second kappa shape index (κ2) is 5.74. The van der Waals surface area contributed by atoms with Gasteiger partial charge >= 0.3 is 0 Å². The van der Waals surface area contributed by atoms with E-state index in [2.05, 4.69) is 15.9 Å². The van der Waals surface area contributed by atoms with E-state index in [4.69, 9.17) is 9.47 Å². The highest BCUT2D eigenvalue weighted by Crippen LogP contribution is 2.31. The lowest BCUT2D eigenvalue weighted by molar-refractivity contribution is 0.100. The first-order chi connectivity index (χ1) is 10.2. The summed E-state index contributed by atoms with van der Waals surface area (Å²) in [7, 11) is 1.58. The maximum Gasteiger partial charge on any atom is 0.196 e. The Kier molecular flexibility index (Phi) is 3.80. The second-order valence-corrected chi connectivity index (χ2v) is 5.62. The molecule has 0 aromatic heterocycles. The largest absolute Gasteiger partial charge is 0.497 e. The Labute approximate surface area is 131 Å². The Morgan fingerprint density at radius 2 is 1.95 bits per heavy atom. The lowest BCUT2D eigenvalue weighted by atomic mass is 9.98. The molecule has 4 heteroatoms. The molecular formula is C17H13BrO3. The minimum atomic E-state index is -0.0157. The third kappa shape index (κ3) is 2.85. The Morgan fingerprint density at radius 1 is 1.19 bits per heavy atom. The van der Waals surface area contributed by atoms with Gasteiger partial charge in [-0.05, 0) is 42.0 Å². The first-order valence-corrected chi connectivity index (χ1v) is 7.28. The van der Waals surface area contributed by atoms with Crippen molar-refractivity contribution < 1.29 is 14.3 Å². The van der Waals surface area contributed by atoms with Crippen molar-refractivity contribution in [1.82, 2.24) is 0 Å². The highest BCUT2D eigenvalue weighted by Gasteiger charge is 2.23. The van der Waals surface area contributed by atoms with Crippen LogP contribution in [0.4, 0.5) is 0 Å². The summed E-state index contributed by atoms with van der Waals surface area (Å²) in [5.74, 6) is 1.24. The van der Waals surface area contributed by atoms with Gasteiger partial charge in [0.1, 0.15) is 18.1 Å². The van der Waals surface area contributed by atoms with Gasteiger partial charge in [0, 0.05) is 10.0 Å². The van der Waals surface area contributed by atoms with Crippen molar-refractivity contribution in [3.05, 3.63) is 63.6 Å². The van der Waals surface area contributed by atoms with Gasteiger partial charge in [-0.2, -0.15) is 0 Å². The van der Waals surface area contributed by atoms with Crippen LogP contribution in [0.1, 0.15) is 15.9 Å². The predicted octanol–water partition coefficient (Wildman–Crippen LogP) is 4.12. The summed E-state index contributed by atoms with van der Waals surface area (Å²) in [4.78, 5) is 12.5. The Bertz CT molecular complexity index is 717. The smallest absolute Gasteiger partial charge is 0.196 e. The molecule has 0 bridgehead atoms. The van der Waals surface area contributed by atoms with Gasteiger partial charge in [-0.25, -0.2) is 0 Å². The minimum absolute atomic E-state index is 0.0157. The van der Waals surface area contributed by atoms with E-state index in [0.717, 1.165) is 10.0 Å². The van der Waals surface area contributed by atoms with Crippen LogP contribution in [0.2, 0.25) is 0 Å². The molecule has 0 atom stereocenters. The van der Waals surface area contributed by atoms with Crippen LogP contribution in [0.3, 0.4) is 0 Å². The van der Waals surface area contributed by atoms with Crippen molar-refractivity contribution in [1.29, 1.82) is 0 Å². The molecule has 3 nitrogen and oxygen atoms in total. The molecule has 0 saturated heterocycles. The average Bonchev–Trinajstić information content (AvgIpc) is 2.52. The van der Waals surface area contributed by atoms with Crippen LogP contribution >= 0.6 is 15.9 Å². The zero-order valence-corrected chi connectivity index (χ0v) is 13.0. The van der Waals surface area contributed by atoms with Crippen molar-refractivity contribution in [3.8, 4) is 11.5 Å². The van der Waals surface area contributed by atoms with Gasteiger partial charge in [-0.3, -0.25) is 4.79 Å². The normalized spacial score (nSPS) is 15.5. The molecule has 1 aliphatic rings. The number of rotatable bonds is 2. The summed E-state index contributed by atoms with van der Waals surface area (Å²) >= 11 is 3.39. The zero-order chi connectivity index (χ0) is 14.8. The van der Waals surface area contributed by atoms with Crippen molar-refractivity contribution >= 4 is 27.8 Å². The maximum atomic E-state index is 12.5. The second-order valence-electron chi connectivity index (χ2n) is 4.70. The number of ether oxygens (including phenoxy) is 2. The standard InChI is InChI=1S/C17H13BrO3/c1-20-14-6-7-16-15(9-14)17(19)12(10-21-16)8-11-2-4-13(18)5-3-11/h2-9H,10H2,1H3. The van der Waals surface area contributed by atoms with E-state index in [0.29, 0.717) is 22.6 Å². The molecule has 0 aliphatic carbocycles. The number of methoxy groups -OCH3 is 1.